The van der Waals surface area contributed by atoms with Crippen molar-refractivity contribution >= 4 is 39.5 Å². The number of thiazole rings is 1. The van der Waals surface area contributed by atoms with E-state index in [2.05, 4.69) is 0 Å². The minimum atomic E-state index is -1.40. The van der Waals surface area contributed by atoms with Crippen molar-refractivity contribution in [1.29, 1.82) is 0 Å². The van der Waals surface area contributed by atoms with E-state index < -0.39 is 23.9 Å². The number of hydrogen-bond acceptors (Lipinski definition) is 6. The number of fused-ring (bicyclic) bond motifs is 2. The van der Waals surface area contributed by atoms with E-state index in [9.17, 15) is 24.6 Å². The van der Waals surface area contributed by atoms with Gasteiger partial charge >= 0.3 is 0 Å². The molecule has 0 spiro atoms. The van der Waals surface area contributed by atoms with Crippen molar-refractivity contribution < 1.29 is 29.2 Å². The number of aromatic nitrogens is 2. The van der Waals surface area contributed by atoms with Gasteiger partial charge in [0.25, 0.3) is 5.91 Å². The molecule has 0 aromatic carbocycles. The molecule has 136 valence electrons. The van der Waals surface area contributed by atoms with Gasteiger partial charge in [-0.3, -0.25) is 9.59 Å². The molecule has 2 amide bonds. The smallest absolute Gasteiger partial charge is 0.259 e. The number of amides is 2. The van der Waals surface area contributed by atoms with E-state index in [4.69, 9.17) is 5.73 Å². The Morgan fingerprint density at radius 2 is 2.27 bits per heavy atom. The largest absolute Gasteiger partial charge is 0.543 e. The van der Waals surface area contributed by atoms with Crippen molar-refractivity contribution in [1.82, 2.24) is 9.30 Å². The predicted octanol–water partition coefficient (Wildman–Crippen LogP) is -2.15. The molecule has 3 atom stereocenters. The Hall–Kier alpha value is -2.72. The van der Waals surface area contributed by atoms with E-state index >= 15 is 0 Å². The molecule has 26 heavy (non-hydrogen) atoms. The molecule has 0 radical (unpaired) electrons. The molecular formula is C16H16N4O5S. The summed E-state index contributed by atoms with van der Waals surface area (Å²) < 4.78 is 3.41. The summed E-state index contributed by atoms with van der Waals surface area (Å²) in [6, 6.07) is -0.355. The number of hydrogen-bond donors (Lipinski definition) is 2. The second kappa shape index (κ2) is 5.64. The average Bonchev–Trinajstić information content (AvgIpc) is 3.14. The van der Waals surface area contributed by atoms with Gasteiger partial charge in [0.1, 0.15) is 12.4 Å². The van der Waals surface area contributed by atoms with Gasteiger partial charge in [0.05, 0.1) is 34.6 Å². The molecule has 2 aromatic rings. The normalized spacial score (nSPS) is 23.3. The standard InChI is InChI=1S/C16H16N4O5S/c1-7(21)13-9-2-8(14(16(24)25)20(9)15(13)23)10-3-19-6-18(4-11(17)22)5-12(19)26-10/h3,5-7,9,13,21H,2,4H2,1H3,(H2-,17,22,24,25)/t7-,9-,13-/m1/s1. The number of carboxylic acids is 1. The quantitative estimate of drug-likeness (QED) is 0.453. The zero-order valence-corrected chi connectivity index (χ0v) is 14.6. The number of carboxylic acid groups (broad SMARTS) is 1. The van der Waals surface area contributed by atoms with E-state index in [0.717, 1.165) is 4.83 Å². The highest BCUT2D eigenvalue weighted by Gasteiger charge is 2.55. The molecule has 4 rings (SSSR count). The van der Waals surface area contributed by atoms with Gasteiger partial charge in [-0.05, 0) is 13.3 Å². The Balaban J connectivity index is 1.71. The van der Waals surface area contributed by atoms with Gasteiger partial charge in [0.2, 0.25) is 17.1 Å². The Morgan fingerprint density at radius 3 is 2.85 bits per heavy atom. The summed E-state index contributed by atoms with van der Waals surface area (Å²) in [4.78, 5) is 37.6. The van der Waals surface area contributed by atoms with E-state index in [-0.39, 0.29) is 24.2 Å². The van der Waals surface area contributed by atoms with E-state index in [1.54, 1.807) is 27.7 Å². The Bertz CT molecular complexity index is 957. The van der Waals surface area contributed by atoms with Crippen LogP contribution in [0.3, 0.4) is 0 Å². The monoisotopic (exact) mass is 376 g/mol. The number of nitrogens with zero attached hydrogens (tertiary/aromatic N) is 3. The van der Waals surface area contributed by atoms with Crippen LogP contribution in [0.5, 0.6) is 0 Å². The lowest BCUT2D eigenvalue weighted by Crippen LogP contribution is -2.62. The summed E-state index contributed by atoms with van der Waals surface area (Å²) in [7, 11) is 0. The Labute approximate surface area is 151 Å². The van der Waals surface area contributed by atoms with Crippen LogP contribution in [0.15, 0.2) is 24.4 Å². The number of aliphatic hydroxyl groups is 1. The van der Waals surface area contributed by atoms with Gasteiger partial charge in [-0.25, -0.2) is 4.57 Å². The summed E-state index contributed by atoms with van der Waals surface area (Å²) in [5, 5.41) is 21.4. The van der Waals surface area contributed by atoms with Crippen molar-refractivity contribution in [3.8, 4) is 0 Å². The van der Waals surface area contributed by atoms with Crippen molar-refractivity contribution in [2.75, 3.05) is 0 Å². The molecule has 0 aliphatic carbocycles. The number of rotatable bonds is 5. The number of aliphatic hydroxyl groups excluding tert-OH is 1. The first-order valence-electron chi connectivity index (χ1n) is 8.03. The fourth-order valence-electron chi connectivity index (χ4n) is 3.79. The predicted molar refractivity (Wildman–Crippen MR) is 87.0 cm³/mol. The maximum Gasteiger partial charge on any atom is 0.259 e. The van der Waals surface area contributed by atoms with Crippen LogP contribution < -0.4 is 15.4 Å². The fourth-order valence-corrected chi connectivity index (χ4v) is 4.87. The minimum absolute atomic E-state index is 0.0527. The first-order chi connectivity index (χ1) is 12.3. The maximum absolute atomic E-state index is 12.2. The molecule has 2 aliphatic heterocycles. The van der Waals surface area contributed by atoms with Crippen molar-refractivity contribution in [2.45, 2.75) is 32.0 Å². The fraction of sp³-hybridized carbons (Fsp3) is 0.375. The Morgan fingerprint density at radius 1 is 1.54 bits per heavy atom. The number of β-lactam (4-membered cyclic amide) rings is 1. The molecule has 10 heteroatoms. The lowest BCUT2D eigenvalue weighted by atomic mass is 9.83. The zero-order valence-electron chi connectivity index (χ0n) is 13.8. The number of carbonyl (C=O) groups excluding carboxylic acids is 3. The van der Waals surface area contributed by atoms with Crippen molar-refractivity contribution in [2.24, 2.45) is 11.7 Å². The number of aliphatic carboxylic acids is 1. The molecule has 0 bridgehead atoms. The molecule has 3 N–H and O–H groups in total. The average molecular weight is 376 g/mol. The van der Waals surface area contributed by atoms with Gasteiger partial charge in [-0.15, -0.1) is 0 Å². The second-order valence-corrected chi connectivity index (χ2v) is 7.65. The highest BCUT2D eigenvalue weighted by atomic mass is 32.1. The Kier molecular flexibility index (Phi) is 3.63. The first-order valence-corrected chi connectivity index (χ1v) is 8.84. The molecular weight excluding hydrogens is 360 g/mol. The second-order valence-electron chi connectivity index (χ2n) is 6.58. The van der Waals surface area contributed by atoms with E-state index in [1.807, 2.05) is 0 Å². The number of carbonyl (C=O) groups is 3. The van der Waals surface area contributed by atoms with E-state index in [1.165, 1.54) is 23.2 Å². The van der Waals surface area contributed by atoms with E-state index in [0.29, 0.717) is 16.9 Å². The van der Waals surface area contributed by atoms with Gasteiger partial charge in [-0.1, -0.05) is 11.3 Å². The molecule has 2 aliphatic rings. The molecule has 1 fully saturated rings. The lowest BCUT2D eigenvalue weighted by Gasteiger charge is -2.45. The first kappa shape index (κ1) is 16.7. The number of imidazole rings is 1. The third-order valence-electron chi connectivity index (χ3n) is 4.83. The lowest BCUT2D eigenvalue weighted by molar-refractivity contribution is -0.682. The molecule has 0 saturated carbocycles. The topological polar surface area (TPSA) is 132 Å². The number of nitrogens with two attached hydrogens (primary N) is 1. The summed E-state index contributed by atoms with van der Waals surface area (Å²) in [6.07, 6.45) is 4.70. The molecule has 1 saturated heterocycles. The van der Waals surface area contributed by atoms with Crippen molar-refractivity contribution in [3.63, 3.8) is 0 Å². The van der Waals surface area contributed by atoms with Crippen LogP contribution in [0, 0.1) is 5.92 Å². The van der Waals surface area contributed by atoms with Crippen LogP contribution in [-0.4, -0.2) is 44.3 Å². The van der Waals surface area contributed by atoms with Crippen LogP contribution >= 0.6 is 11.3 Å². The summed E-state index contributed by atoms with van der Waals surface area (Å²) in [5.41, 5.74) is 5.59. The zero-order chi connectivity index (χ0) is 18.7. The highest BCUT2D eigenvalue weighted by molar-refractivity contribution is 7.18. The minimum Gasteiger partial charge on any atom is -0.543 e. The molecule has 9 nitrogen and oxygen atoms in total. The number of primary amides is 1. The highest BCUT2D eigenvalue weighted by Crippen LogP contribution is 2.47. The van der Waals surface area contributed by atoms with Gasteiger partial charge in [0, 0.05) is 5.57 Å². The van der Waals surface area contributed by atoms with Gasteiger partial charge in [0.15, 0.2) is 6.54 Å². The van der Waals surface area contributed by atoms with Crippen molar-refractivity contribution in [3.05, 3.63) is 29.3 Å². The molecule has 4 heterocycles. The van der Waals surface area contributed by atoms with Crippen LogP contribution in [0.1, 0.15) is 18.2 Å². The summed E-state index contributed by atoms with van der Waals surface area (Å²) in [5.74, 6) is -2.84. The maximum atomic E-state index is 12.2. The third kappa shape index (κ3) is 2.33. The van der Waals surface area contributed by atoms with Crippen LogP contribution in [-0.2, 0) is 20.9 Å². The van der Waals surface area contributed by atoms with Crippen LogP contribution in [0.25, 0.3) is 10.4 Å². The third-order valence-corrected chi connectivity index (χ3v) is 5.93. The van der Waals surface area contributed by atoms with Gasteiger partial charge in [-0.2, -0.15) is 4.40 Å². The SMILES string of the molecule is C[C@@H](O)[C@H]1C(=O)N2C(C(=O)[O-])=C(c3cn4c[n+](CC(N)=O)cc4s3)C[C@H]12. The molecule has 2 aromatic heterocycles. The molecule has 0 unspecified atom stereocenters. The summed E-state index contributed by atoms with van der Waals surface area (Å²) in [6.45, 7) is 1.58. The van der Waals surface area contributed by atoms with Gasteiger partial charge < -0.3 is 25.6 Å². The van der Waals surface area contributed by atoms with Crippen LogP contribution in [0.2, 0.25) is 0 Å². The summed E-state index contributed by atoms with van der Waals surface area (Å²) >= 11 is 1.35. The van der Waals surface area contributed by atoms with Crippen LogP contribution in [0.4, 0.5) is 0 Å².